The third-order valence-corrected chi connectivity index (χ3v) is 5.71. The van der Waals surface area contributed by atoms with Crippen LogP contribution in [0.5, 0.6) is 0 Å². The summed E-state index contributed by atoms with van der Waals surface area (Å²) in [5.74, 6) is -2.10. The first-order valence-electron chi connectivity index (χ1n) is 10.7. The quantitative estimate of drug-likeness (QED) is 0.463. The normalized spacial score (nSPS) is 28.7. The molecule has 178 valence electrons. The Morgan fingerprint density at radius 2 is 2.06 bits per heavy atom. The minimum absolute atomic E-state index is 0.169. The lowest BCUT2D eigenvalue weighted by molar-refractivity contribution is -0.159. The number of halogens is 1. The number of allylic oxidation sites excluding steroid dienone is 3. The van der Waals surface area contributed by atoms with E-state index in [9.17, 15) is 19.5 Å². The van der Waals surface area contributed by atoms with Crippen LogP contribution in [-0.4, -0.2) is 58.6 Å². The zero-order valence-corrected chi connectivity index (χ0v) is 19.3. The van der Waals surface area contributed by atoms with Crippen LogP contribution in [0.25, 0.3) is 0 Å². The molecule has 2 aliphatic rings. The minimum atomic E-state index is -1.15. The van der Waals surface area contributed by atoms with Gasteiger partial charge < -0.3 is 24.4 Å². The molecule has 1 unspecified atom stereocenters. The number of aliphatic hydroxyl groups is 1. The molecule has 32 heavy (non-hydrogen) atoms. The Morgan fingerprint density at radius 3 is 2.72 bits per heavy atom. The Kier molecular flexibility index (Phi) is 9.93. The van der Waals surface area contributed by atoms with Gasteiger partial charge >= 0.3 is 17.9 Å². The summed E-state index contributed by atoms with van der Waals surface area (Å²) in [6.07, 6.45) is 3.01. The molecule has 2 N–H and O–H groups in total. The van der Waals surface area contributed by atoms with E-state index in [0.29, 0.717) is 41.9 Å². The van der Waals surface area contributed by atoms with Crippen molar-refractivity contribution in [1.82, 2.24) is 0 Å². The van der Waals surface area contributed by atoms with E-state index in [4.69, 9.17) is 30.9 Å². The summed E-state index contributed by atoms with van der Waals surface area (Å²) in [5, 5.41) is 20.3. The summed E-state index contributed by atoms with van der Waals surface area (Å²) in [6, 6.07) is 0. The average molecular weight is 471 g/mol. The van der Waals surface area contributed by atoms with Gasteiger partial charge in [-0.2, -0.15) is 0 Å². The molecule has 9 heteroatoms. The van der Waals surface area contributed by atoms with Crippen LogP contribution in [0.4, 0.5) is 0 Å². The lowest BCUT2D eigenvalue weighted by atomic mass is 10.0. The van der Waals surface area contributed by atoms with Crippen LogP contribution in [0, 0.1) is 0 Å². The molecule has 0 spiro atoms. The predicted octanol–water partition coefficient (Wildman–Crippen LogP) is 3.41. The first-order valence-corrected chi connectivity index (χ1v) is 11.0. The molecule has 0 saturated carbocycles. The first kappa shape index (κ1) is 26.1. The highest BCUT2D eigenvalue weighted by molar-refractivity contribution is 6.29. The van der Waals surface area contributed by atoms with Crippen molar-refractivity contribution in [2.75, 3.05) is 0 Å². The summed E-state index contributed by atoms with van der Waals surface area (Å²) < 4.78 is 16.9. The van der Waals surface area contributed by atoms with Crippen molar-refractivity contribution in [1.29, 1.82) is 0 Å². The summed E-state index contributed by atoms with van der Waals surface area (Å²) in [5.41, 5.74) is 1.17. The van der Waals surface area contributed by atoms with E-state index in [1.807, 2.05) is 12.2 Å². The van der Waals surface area contributed by atoms with Gasteiger partial charge in [0.2, 0.25) is 0 Å². The smallest absolute Gasteiger partial charge is 0.310 e. The molecule has 0 aromatic rings. The standard InChI is InChI=1S/C23H31ClO8/c1-13(10-21(27)28)9-18(26)23-20-11-17(31-23)8-7-16(24)6-4-5-14(2)19(30-15(3)25)12-22(29)32-20/h5-6,9,17-20,23,26H,4,7-8,10-12H2,1-3H3,(H,27,28)/b13-9+,14-5?,16-6?/t17-,18-,19?,20-,23-/m0/s1. The number of aliphatic hydroxyl groups excluding tert-OH is 1. The lowest BCUT2D eigenvalue weighted by Crippen LogP contribution is -2.37. The van der Waals surface area contributed by atoms with Crippen molar-refractivity contribution in [2.24, 2.45) is 0 Å². The molecule has 0 amide bonds. The van der Waals surface area contributed by atoms with Crippen molar-refractivity contribution in [3.05, 3.63) is 34.4 Å². The minimum Gasteiger partial charge on any atom is -0.481 e. The van der Waals surface area contributed by atoms with E-state index in [2.05, 4.69) is 0 Å². The van der Waals surface area contributed by atoms with E-state index in [1.165, 1.54) is 13.0 Å². The van der Waals surface area contributed by atoms with Gasteiger partial charge in [-0.25, -0.2) is 0 Å². The molecular formula is C23H31ClO8. The number of ether oxygens (including phenoxy) is 3. The molecule has 2 bridgehead atoms. The van der Waals surface area contributed by atoms with E-state index in [0.717, 1.165) is 0 Å². The number of fused-ring (bicyclic) bond motifs is 2. The molecule has 0 radical (unpaired) electrons. The van der Waals surface area contributed by atoms with Crippen molar-refractivity contribution in [3.63, 3.8) is 0 Å². The van der Waals surface area contributed by atoms with Gasteiger partial charge in [0, 0.05) is 18.4 Å². The van der Waals surface area contributed by atoms with Gasteiger partial charge in [0.05, 0.1) is 18.9 Å². The highest BCUT2D eigenvalue weighted by Crippen LogP contribution is 2.31. The highest BCUT2D eigenvalue weighted by Gasteiger charge is 2.41. The number of carboxylic acid groups (broad SMARTS) is 1. The van der Waals surface area contributed by atoms with Crippen LogP contribution in [0.1, 0.15) is 59.3 Å². The molecule has 1 fully saturated rings. The number of rotatable bonds is 5. The van der Waals surface area contributed by atoms with Gasteiger partial charge in [-0.15, -0.1) is 0 Å². The van der Waals surface area contributed by atoms with Gasteiger partial charge in [-0.3, -0.25) is 14.4 Å². The molecule has 0 aromatic carbocycles. The molecule has 1 saturated heterocycles. The second kappa shape index (κ2) is 12.2. The Hall–Kier alpha value is -2.16. The number of carboxylic acids is 1. The van der Waals surface area contributed by atoms with E-state index >= 15 is 0 Å². The number of aliphatic carboxylic acids is 1. The fourth-order valence-electron chi connectivity index (χ4n) is 3.81. The molecule has 5 atom stereocenters. The number of hydrogen-bond acceptors (Lipinski definition) is 7. The summed E-state index contributed by atoms with van der Waals surface area (Å²) in [6.45, 7) is 4.64. The zero-order valence-electron chi connectivity index (χ0n) is 18.6. The van der Waals surface area contributed by atoms with Crippen molar-refractivity contribution >= 4 is 29.5 Å². The fraction of sp³-hybridized carbons (Fsp3) is 0.609. The van der Waals surface area contributed by atoms with Crippen LogP contribution in [0.3, 0.4) is 0 Å². The monoisotopic (exact) mass is 470 g/mol. The maximum absolute atomic E-state index is 12.7. The Balaban J connectivity index is 2.25. The summed E-state index contributed by atoms with van der Waals surface area (Å²) in [7, 11) is 0. The number of hydrogen-bond donors (Lipinski definition) is 2. The Labute approximate surface area is 192 Å². The maximum atomic E-state index is 12.7. The molecule has 2 heterocycles. The molecular weight excluding hydrogens is 440 g/mol. The number of carbonyl (C=O) groups is 3. The van der Waals surface area contributed by atoms with Crippen LogP contribution >= 0.6 is 11.6 Å². The second-order valence-corrected chi connectivity index (χ2v) is 8.72. The van der Waals surface area contributed by atoms with Gasteiger partial charge in [0.15, 0.2) is 0 Å². The summed E-state index contributed by atoms with van der Waals surface area (Å²) >= 11 is 6.32. The third-order valence-electron chi connectivity index (χ3n) is 5.37. The SMILES string of the molecule is CC(=O)OC1CC(=O)O[C@H]2C[C@H](CCC(Cl)=CCC=C1C)O[C@H]2[C@@H](O)/C=C(\C)CC(=O)O. The van der Waals surface area contributed by atoms with Gasteiger partial charge in [0.25, 0.3) is 0 Å². The molecule has 0 aliphatic carbocycles. The van der Waals surface area contributed by atoms with Crippen LogP contribution < -0.4 is 0 Å². The zero-order chi connectivity index (χ0) is 23.8. The van der Waals surface area contributed by atoms with Crippen molar-refractivity contribution < 1.29 is 38.8 Å². The molecule has 8 nitrogen and oxygen atoms in total. The Bertz CT molecular complexity index is 800. The predicted molar refractivity (Wildman–Crippen MR) is 117 cm³/mol. The van der Waals surface area contributed by atoms with Crippen LogP contribution in [0.15, 0.2) is 34.4 Å². The average Bonchev–Trinajstić information content (AvgIpc) is 3.06. The van der Waals surface area contributed by atoms with Crippen molar-refractivity contribution in [3.8, 4) is 0 Å². The molecule has 0 aromatic heterocycles. The van der Waals surface area contributed by atoms with Crippen LogP contribution in [-0.2, 0) is 28.6 Å². The van der Waals surface area contributed by atoms with Gasteiger partial charge in [0.1, 0.15) is 24.4 Å². The summed E-state index contributed by atoms with van der Waals surface area (Å²) in [4.78, 5) is 35.1. The van der Waals surface area contributed by atoms with E-state index in [-0.39, 0.29) is 18.9 Å². The van der Waals surface area contributed by atoms with E-state index < -0.39 is 42.3 Å². The van der Waals surface area contributed by atoms with Crippen LogP contribution in [0.2, 0.25) is 0 Å². The van der Waals surface area contributed by atoms with Gasteiger partial charge in [-0.05, 0) is 38.7 Å². The first-order chi connectivity index (χ1) is 15.0. The van der Waals surface area contributed by atoms with Crippen molar-refractivity contribution in [2.45, 2.75) is 89.8 Å². The maximum Gasteiger partial charge on any atom is 0.310 e. The topological polar surface area (TPSA) is 119 Å². The van der Waals surface area contributed by atoms with Gasteiger partial charge in [-0.1, -0.05) is 35.4 Å². The fourth-order valence-corrected chi connectivity index (χ4v) is 4.01. The lowest BCUT2D eigenvalue weighted by Gasteiger charge is -2.24. The number of carbonyl (C=O) groups excluding carboxylic acids is 2. The molecule has 2 rings (SSSR count). The third kappa shape index (κ3) is 8.41. The number of esters is 2. The molecule has 2 aliphatic heterocycles. The second-order valence-electron chi connectivity index (χ2n) is 8.24. The Morgan fingerprint density at radius 1 is 1.34 bits per heavy atom. The largest absolute Gasteiger partial charge is 0.481 e. The van der Waals surface area contributed by atoms with E-state index in [1.54, 1.807) is 13.8 Å². The highest BCUT2D eigenvalue weighted by atomic mass is 35.5.